The number of hydrogen-bond donors (Lipinski definition) is 0. The molecule has 0 amide bonds. The van der Waals surface area contributed by atoms with Crippen molar-refractivity contribution >= 4 is 27.4 Å². The van der Waals surface area contributed by atoms with Crippen molar-refractivity contribution in [1.29, 1.82) is 0 Å². The van der Waals surface area contributed by atoms with Crippen LogP contribution in [0.1, 0.15) is 5.56 Å². The second-order valence-corrected chi connectivity index (χ2v) is 9.35. The molecule has 2 heterocycles. The predicted molar refractivity (Wildman–Crippen MR) is 116 cm³/mol. The van der Waals surface area contributed by atoms with Crippen LogP contribution in [0, 0.1) is 6.92 Å². The van der Waals surface area contributed by atoms with Crippen LogP contribution in [-0.2, 0) is 10.0 Å². The number of aromatic nitrogens is 2. The van der Waals surface area contributed by atoms with Gasteiger partial charge >= 0.3 is 0 Å². The monoisotopic (exact) mass is 444 g/mol. The van der Waals surface area contributed by atoms with Crippen LogP contribution in [0.3, 0.4) is 0 Å². The molecule has 1 fully saturated rings. The van der Waals surface area contributed by atoms with Crippen LogP contribution in [0.2, 0.25) is 5.02 Å². The van der Waals surface area contributed by atoms with Gasteiger partial charge in [-0.1, -0.05) is 29.3 Å². The molecule has 1 saturated heterocycles. The predicted octanol–water partition coefficient (Wildman–Crippen LogP) is 3.74. The maximum absolute atomic E-state index is 12.8. The fourth-order valence-electron chi connectivity index (χ4n) is 3.20. The van der Waals surface area contributed by atoms with Crippen molar-refractivity contribution in [3.8, 4) is 11.6 Å². The van der Waals surface area contributed by atoms with E-state index in [1.54, 1.807) is 18.2 Å². The van der Waals surface area contributed by atoms with Crippen molar-refractivity contribution in [2.75, 3.05) is 31.1 Å². The topological polar surface area (TPSA) is 75.6 Å². The summed E-state index contributed by atoms with van der Waals surface area (Å²) >= 11 is 5.87. The minimum absolute atomic E-state index is 0.246. The number of aryl methyl sites for hydroxylation is 1. The molecule has 1 aromatic heterocycles. The van der Waals surface area contributed by atoms with Gasteiger partial charge in [-0.25, -0.2) is 18.4 Å². The molecule has 9 heteroatoms. The summed E-state index contributed by atoms with van der Waals surface area (Å²) in [5.41, 5.74) is 1.15. The lowest BCUT2D eigenvalue weighted by Gasteiger charge is -2.34. The second-order valence-electron chi connectivity index (χ2n) is 6.97. The van der Waals surface area contributed by atoms with E-state index in [0.29, 0.717) is 48.6 Å². The standard InChI is InChI=1S/C21H21ClN4O3S/c1-16-2-6-18(7-3-16)29-21-14-20(23-15-24-21)25-10-12-26(13-11-25)30(27,28)19-8-4-17(22)5-9-19/h2-9,14-15H,10-13H2,1H3. The van der Waals surface area contributed by atoms with Crippen molar-refractivity contribution in [1.82, 2.24) is 14.3 Å². The van der Waals surface area contributed by atoms with E-state index in [-0.39, 0.29) is 4.90 Å². The largest absolute Gasteiger partial charge is 0.439 e. The van der Waals surface area contributed by atoms with E-state index in [9.17, 15) is 8.42 Å². The minimum atomic E-state index is -3.55. The zero-order valence-corrected chi connectivity index (χ0v) is 18.0. The minimum Gasteiger partial charge on any atom is -0.439 e. The Bertz CT molecular complexity index is 1110. The van der Waals surface area contributed by atoms with E-state index >= 15 is 0 Å². The average Bonchev–Trinajstić information content (AvgIpc) is 2.76. The number of halogens is 1. The zero-order valence-electron chi connectivity index (χ0n) is 16.4. The summed E-state index contributed by atoms with van der Waals surface area (Å²) < 4.78 is 33.0. The van der Waals surface area contributed by atoms with Gasteiger partial charge in [-0.3, -0.25) is 0 Å². The van der Waals surface area contributed by atoms with Gasteiger partial charge < -0.3 is 9.64 Å². The SMILES string of the molecule is Cc1ccc(Oc2cc(N3CCN(S(=O)(=O)c4ccc(Cl)cc4)CC3)ncn2)cc1. The molecule has 2 aromatic carbocycles. The molecular weight excluding hydrogens is 424 g/mol. The third kappa shape index (κ3) is 4.56. The number of nitrogens with zero attached hydrogens (tertiary/aromatic N) is 4. The lowest BCUT2D eigenvalue weighted by Crippen LogP contribution is -2.48. The summed E-state index contributed by atoms with van der Waals surface area (Å²) in [5, 5.41) is 0.506. The van der Waals surface area contributed by atoms with Crippen molar-refractivity contribution in [3.63, 3.8) is 0 Å². The summed E-state index contributed by atoms with van der Waals surface area (Å²) in [6, 6.07) is 15.7. The smallest absolute Gasteiger partial charge is 0.243 e. The van der Waals surface area contributed by atoms with E-state index in [1.165, 1.54) is 22.8 Å². The van der Waals surface area contributed by atoms with E-state index < -0.39 is 10.0 Å². The Morgan fingerprint density at radius 1 is 0.933 bits per heavy atom. The number of sulfonamides is 1. The molecule has 0 atom stereocenters. The second kappa shape index (κ2) is 8.59. The first kappa shape index (κ1) is 20.6. The van der Waals surface area contributed by atoms with Crippen molar-refractivity contribution in [2.24, 2.45) is 0 Å². The lowest BCUT2D eigenvalue weighted by atomic mass is 10.2. The zero-order chi connectivity index (χ0) is 21.1. The third-order valence-electron chi connectivity index (χ3n) is 4.89. The van der Waals surface area contributed by atoms with Gasteiger partial charge in [0.05, 0.1) is 4.90 Å². The average molecular weight is 445 g/mol. The molecule has 0 N–H and O–H groups in total. The van der Waals surface area contributed by atoms with E-state index in [4.69, 9.17) is 16.3 Å². The fraction of sp³-hybridized carbons (Fsp3) is 0.238. The van der Waals surface area contributed by atoms with E-state index in [1.807, 2.05) is 36.1 Å². The van der Waals surface area contributed by atoms with Gasteiger partial charge in [0.2, 0.25) is 15.9 Å². The highest BCUT2D eigenvalue weighted by atomic mass is 35.5. The van der Waals surface area contributed by atoms with Gasteiger partial charge in [0.15, 0.2) is 0 Å². The number of hydrogen-bond acceptors (Lipinski definition) is 6. The molecule has 0 saturated carbocycles. The summed E-state index contributed by atoms with van der Waals surface area (Å²) in [6.07, 6.45) is 1.45. The Labute approximate surface area is 181 Å². The first-order valence-electron chi connectivity index (χ1n) is 9.49. The Hall–Kier alpha value is -2.68. The van der Waals surface area contributed by atoms with Crippen LogP contribution >= 0.6 is 11.6 Å². The number of ether oxygens (including phenoxy) is 1. The highest BCUT2D eigenvalue weighted by Crippen LogP contribution is 2.25. The van der Waals surface area contributed by atoms with Gasteiger partial charge in [0.1, 0.15) is 17.9 Å². The van der Waals surface area contributed by atoms with Crippen molar-refractivity contribution in [3.05, 3.63) is 71.5 Å². The molecule has 0 aliphatic carbocycles. The Kier molecular flexibility index (Phi) is 5.90. The van der Waals surface area contributed by atoms with Crippen molar-refractivity contribution < 1.29 is 13.2 Å². The molecule has 156 valence electrons. The third-order valence-corrected chi connectivity index (χ3v) is 7.05. The van der Waals surface area contributed by atoms with Crippen LogP contribution in [0.5, 0.6) is 11.6 Å². The normalized spacial score (nSPS) is 15.2. The molecule has 0 spiro atoms. The Morgan fingerprint density at radius 3 is 2.27 bits per heavy atom. The molecule has 0 bridgehead atoms. The van der Waals surface area contributed by atoms with Crippen LogP contribution in [0.25, 0.3) is 0 Å². The summed E-state index contributed by atoms with van der Waals surface area (Å²) in [7, 11) is -3.55. The van der Waals surface area contributed by atoms with Gasteiger partial charge in [-0.05, 0) is 43.3 Å². The molecular formula is C21H21ClN4O3S. The van der Waals surface area contributed by atoms with Gasteiger partial charge in [-0.2, -0.15) is 4.31 Å². The quantitative estimate of drug-likeness (QED) is 0.596. The van der Waals surface area contributed by atoms with Crippen LogP contribution in [0.4, 0.5) is 5.82 Å². The van der Waals surface area contributed by atoms with Crippen LogP contribution < -0.4 is 9.64 Å². The molecule has 7 nitrogen and oxygen atoms in total. The van der Waals surface area contributed by atoms with Crippen molar-refractivity contribution in [2.45, 2.75) is 11.8 Å². The highest BCUT2D eigenvalue weighted by molar-refractivity contribution is 7.89. The summed E-state index contributed by atoms with van der Waals surface area (Å²) in [4.78, 5) is 10.8. The van der Waals surface area contributed by atoms with Gasteiger partial charge in [0, 0.05) is 37.3 Å². The van der Waals surface area contributed by atoms with E-state index in [0.717, 1.165) is 5.56 Å². The van der Waals surface area contributed by atoms with Crippen LogP contribution in [-0.4, -0.2) is 48.9 Å². The number of piperazine rings is 1. The molecule has 30 heavy (non-hydrogen) atoms. The molecule has 1 aliphatic heterocycles. The van der Waals surface area contributed by atoms with Gasteiger partial charge in [-0.15, -0.1) is 0 Å². The summed E-state index contributed by atoms with van der Waals surface area (Å²) in [5.74, 6) is 1.85. The van der Waals surface area contributed by atoms with E-state index in [2.05, 4.69) is 9.97 Å². The lowest BCUT2D eigenvalue weighted by molar-refractivity contribution is 0.383. The highest BCUT2D eigenvalue weighted by Gasteiger charge is 2.29. The number of rotatable bonds is 5. The molecule has 0 radical (unpaired) electrons. The molecule has 1 aliphatic rings. The van der Waals surface area contributed by atoms with Gasteiger partial charge in [0.25, 0.3) is 0 Å². The molecule has 0 unspecified atom stereocenters. The van der Waals surface area contributed by atoms with Crippen LogP contribution in [0.15, 0.2) is 65.8 Å². The number of benzene rings is 2. The maximum atomic E-state index is 12.8. The molecule has 3 aromatic rings. The Balaban J connectivity index is 1.42. The molecule has 4 rings (SSSR count). The fourth-order valence-corrected chi connectivity index (χ4v) is 4.75. The Morgan fingerprint density at radius 2 is 1.60 bits per heavy atom. The maximum Gasteiger partial charge on any atom is 0.243 e. The number of anilines is 1. The first-order valence-corrected chi connectivity index (χ1v) is 11.3. The first-order chi connectivity index (χ1) is 14.4. The summed E-state index contributed by atoms with van der Waals surface area (Å²) in [6.45, 7) is 3.78.